The van der Waals surface area contributed by atoms with Gasteiger partial charge in [0.15, 0.2) is 0 Å². The molecule has 0 bridgehead atoms. The average Bonchev–Trinajstić information content (AvgIpc) is 3.12. The van der Waals surface area contributed by atoms with Gasteiger partial charge in [0.1, 0.15) is 0 Å². The highest BCUT2D eigenvalue weighted by Crippen LogP contribution is 2.32. The van der Waals surface area contributed by atoms with Crippen molar-refractivity contribution in [1.29, 1.82) is 5.26 Å². The van der Waals surface area contributed by atoms with Crippen molar-refractivity contribution in [3.63, 3.8) is 0 Å². The molecule has 0 spiro atoms. The van der Waals surface area contributed by atoms with Crippen molar-refractivity contribution in [2.75, 3.05) is 43.0 Å². The predicted molar refractivity (Wildman–Crippen MR) is 123 cm³/mol. The van der Waals surface area contributed by atoms with Crippen molar-refractivity contribution in [1.82, 2.24) is 20.2 Å². The normalized spacial score (nSPS) is 14.9. The van der Waals surface area contributed by atoms with E-state index < -0.39 is 0 Å². The van der Waals surface area contributed by atoms with Crippen molar-refractivity contribution in [2.24, 2.45) is 0 Å². The zero-order valence-electron chi connectivity index (χ0n) is 17.3. The number of nitrogens with one attached hydrogen (secondary N) is 3. The third-order valence-corrected chi connectivity index (χ3v) is 6.18. The molecule has 1 aromatic carbocycles. The number of hydrogen-bond acceptors (Lipinski definition) is 6. The van der Waals surface area contributed by atoms with Crippen molar-refractivity contribution < 1.29 is 4.79 Å². The number of H-pyrrole nitrogens is 1. The largest absolute Gasteiger partial charge is 0.380 e. The number of anilines is 1. The fraction of sp³-hybridized carbons (Fsp3) is 0.409. The van der Waals surface area contributed by atoms with Gasteiger partial charge in [0.2, 0.25) is 0 Å². The van der Waals surface area contributed by atoms with E-state index in [1.165, 1.54) is 0 Å². The molecule has 0 radical (unpaired) electrons. The van der Waals surface area contributed by atoms with Gasteiger partial charge >= 0.3 is 0 Å². The Bertz CT molecular complexity index is 1110. The molecule has 0 saturated carbocycles. The summed E-state index contributed by atoms with van der Waals surface area (Å²) in [6.45, 7) is 7.71. The van der Waals surface area contributed by atoms with Gasteiger partial charge in [-0.1, -0.05) is 0 Å². The highest BCUT2D eigenvalue weighted by molar-refractivity contribution is 7.99. The molecule has 1 amide bonds. The topological polar surface area (TPSA) is 96.8 Å². The maximum absolute atomic E-state index is 13.0. The lowest BCUT2D eigenvalue weighted by molar-refractivity contribution is 0.0949. The second kappa shape index (κ2) is 8.94. The standard InChI is InChI=1S/C22H26N6OS/c1-14(2)26-20-17(22(29)24-5-6-28-7-9-30-10-8-28)13-25-19-16-4-3-15(12-23)11-18(16)27-21(19)20/h3-4,11,13-14,27H,5-10H2,1-2H3,(H,24,29)(H,25,26). The fourth-order valence-corrected chi connectivity index (χ4v) is 4.73. The molecule has 1 aliphatic heterocycles. The molecule has 0 aliphatic carbocycles. The third kappa shape index (κ3) is 4.23. The molecule has 8 heteroatoms. The molecule has 1 aliphatic rings. The Hall–Kier alpha value is -2.76. The van der Waals surface area contributed by atoms with E-state index in [-0.39, 0.29) is 11.9 Å². The van der Waals surface area contributed by atoms with Gasteiger partial charge in [0.25, 0.3) is 5.91 Å². The monoisotopic (exact) mass is 422 g/mol. The van der Waals surface area contributed by atoms with Crippen LogP contribution in [-0.2, 0) is 0 Å². The number of thioether (sulfide) groups is 1. The van der Waals surface area contributed by atoms with E-state index in [1.807, 2.05) is 37.7 Å². The molecule has 30 heavy (non-hydrogen) atoms. The van der Waals surface area contributed by atoms with Crippen LogP contribution in [0.3, 0.4) is 0 Å². The van der Waals surface area contributed by atoms with Gasteiger partial charge in [-0.2, -0.15) is 17.0 Å². The predicted octanol–water partition coefficient (Wildman–Crippen LogP) is 3.19. The second-order valence-corrected chi connectivity index (χ2v) is 9.00. The number of carbonyl (C=O) groups excluding carboxylic acids is 1. The highest BCUT2D eigenvalue weighted by atomic mass is 32.2. The van der Waals surface area contributed by atoms with Gasteiger partial charge in [0.05, 0.1) is 33.9 Å². The summed E-state index contributed by atoms with van der Waals surface area (Å²) in [5, 5.41) is 16.6. The maximum atomic E-state index is 13.0. The Labute approximate surface area is 180 Å². The van der Waals surface area contributed by atoms with Crippen LogP contribution in [0.4, 0.5) is 5.69 Å². The second-order valence-electron chi connectivity index (χ2n) is 7.78. The zero-order valence-corrected chi connectivity index (χ0v) is 18.1. The average molecular weight is 423 g/mol. The SMILES string of the molecule is CC(C)Nc1c(C(=O)NCCN2CCSCC2)cnc2c1[nH]c1cc(C#N)ccc12. The number of hydrogen-bond donors (Lipinski definition) is 3. The van der Waals surface area contributed by atoms with Gasteiger partial charge in [-0.05, 0) is 32.0 Å². The number of pyridine rings is 1. The van der Waals surface area contributed by atoms with Crippen LogP contribution in [0.5, 0.6) is 0 Å². The molecule has 3 N–H and O–H groups in total. The molecule has 1 saturated heterocycles. The Morgan fingerprint density at radius 1 is 1.37 bits per heavy atom. The van der Waals surface area contributed by atoms with Crippen molar-refractivity contribution in [3.05, 3.63) is 35.5 Å². The molecular weight excluding hydrogens is 396 g/mol. The molecule has 2 aromatic heterocycles. The number of rotatable bonds is 6. The number of amides is 1. The first-order valence-corrected chi connectivity index (χ1v) is 11.4. The summed E-state index contributed by atoms with van der Waals surface area (Å²) >= 11 is 1.98. The Morgan fingerprint density at radius 2 is 2.17 bits per heavy atom. The minimum absolute atomic E-state index is 0.129. The summed E-state index contributed by atoms with van der Waals surface area (Å²) in [6.07, 6.45) is 1.64. The lowest BCUT2D eigenvalue weighted by Crippen LogP contribution is -2.39. The summed E-state index contributed by atoms with van der Waals surface area (Å²) in [6, 6.07) is 7.81. The first-order valence-electron chi connectivity index (χ1n) is 10.3. The van der Waals surface area contributed by atoms with Crippen LogP contribution in [-0.4, -0.2) is 64.5 Å². The zero-order chi connectivity index (χ0) is 21.1. The van der Waals surface area contributed by atoms with Crippen LogP contribution in [0.15, 0.2) is 24.4 Å². The molecule has 3 aromatic rings. The number of nitriles is 1. The smallest absolute Gasteiger partial charge is 0.255 e. The first kappa shape index (κ1) is 20.5. The summed E-state index contributed by atoms with van der Waals surface area (Å²) in [7, 11) is 0. The lowest BCUT2D eigenvalue weighted by atomic mass is 10.1. The maximum Gasteiger partial charge on any atom is 0.255 e. The van der Waals surface area contributed by atoms with Gasteiger partial charge in [-0.25, -0.2) is 0 Å². The minimum atomic E-state index is -0.129. The quantitative estimate of drug-likeness (QED) is 0.565. The van der Waals surface area contributed by atoms with E-state index in [0.717, 1.165) is 58.8 Å². The van der Waals surface area contributed by atoms with Gasteiger partial charge in [0, 0.05) is 60.8 Å². The Kier molecular flexibility index (Phi) is 6.11. The third-order valence-electron chi connectivity index (χ3n) is 5.24. The van der Waals surface area contributed by atoms with Crippen LogP contribution >= 0.6 is 11.8 Å². The number of carbonyl (C=O) groups is 1. The van der Waals surface area contributed by atoms with E-state index in [0.29, 0.717) is 17.7 Å². The van der Waals surface area contributed by atoms with Gasteiger partial charge in [-0.15, -0.1) is 0 Å². The molecule has 0 atom stereocenters. The van der Waals surface area contributed by atoms with E-state index in [2.05, 4.69) is 31.6 Å². The molecule has 156 valence electrons. The van der Waals surface area contributed by atoms with Crippen molar-refractivity contribution >= 4 is 45.3 Å². The van der Waals surface area contributed by atoms with Crippen LogP contribution < -0.4 is 10.6 Å². The van der Waals surface area contributed by atoms with Gasteiger partial charge in [-0.3, -0.25) is 14.7 Å². The van der Waals surface area contributed by atoms with E-state index >= 15 is 0 Å². The van der Waals surface area contributed by atoms with E-state index in [4.69, 9.17) is 0 Å². The summed E-state index contributed by atoms with van der Waals surface area (Å²) < 4.78 is 0. The fourth-order valence-electron chi connectivity index (χ4n) is 3.75. The Morgan fingerprint density at radius 3 is 2.90 bits per heavy atom. The summed E-state index contributed by atoms with van der Waals surface area (Å²) in [5.41, 5.74) is 4.27. The summed E-state index contributed by atoms with van der Waals surface area (Å²) in [4.78, 5) is 23.3. The number of nitrogens with zero attached hydrogens (tertiary/aromatic N) is 3. The highest BCUT2D eigenvalue weighted by Gasteiger charge is 2.19. The minimum Gasteiger partial charge on any atom is -0.380 e. The molecule has 3 heterocycles. The van der Waals surface area contributed by atoms with Gasteiger partial charge < -0.3 is 15.6 Å². The molecular formula is C22H26N6OS. The molecule has 7 nitrogen and oxygen atoms in total. The number of aromatic nitrogens is 2. The first-order chi connectivity index (χ1) is 14.6. The van der Waals surface area contributed by atoms with E-state index in [9.17, 15) is 10.1 Å². The molecule has 0 unspecified atom stereocenters. The van der Waals surface area contributed by atoms with Crippen LogP contribution in [0.2, 0.25) is 0 Å². The Balaban J connectivity index is 1.63. The van der Waals surface area contributed by atoms with Crippen LogP contribution in [0.25, 0.3) is 21.9 Å². The molecule has 1 fully saturated rings. The van der Waals surface area contributed by atoms with Crippen LogP contribution in [0.1, 0.15) is 29.8 Å². The number of benzene rings is 1. The van der Waals surface area contributed by atoms with E-state index in [1.54, 1.807) is 12.3 Å². The summed E-state index contributed by atoms with van der Waals surface area (Å²) in [5.74, 6) is 2.19. The lowest BCUT2D eigenvalue weighted by Gasteiger charge is -2.26. The van der Waals surface area contributed by atoms with Crippen molar-refractivity contribution in [3.8, 4) is 6.07 Å². The van der Waals surface area contributed by atoms with Crippen molar-refractivity contribution in [2.45, 2.75) is 19.9 Å². The number of aromatic amines is 1. The number of fused-ring (bicyclic) bond motifs is 3. The van der Waals surface area contributed by atoms with Crippen LogP contribution in [0, 0.1) is 11.3 Å². The molecule has 4 rings (SSSR count).